The van der Waals surface area contributed by atoms with Crippen LogP contribution in [0.15, 0.2) is 0 Å². The van der Waals surface area contributed by atoms with E-state index < -0.39 is 100 Å². The van der Waals surface area contributed by atoms with Gasteiger partial charge in [-0.05, 0) is 0 Å². The second-order valence-corrected chi connectivity index (χ2v) is 7.95. The van der Waals surface area contributed by atoms with Gasteiger partial charge < -0.3 is 50.4 Å². The van der Waals surface area contributed by atoms with Crippen molar-refractivity contribution >= 4 is 47.8 Å². The molecule has 0 saturated heterocycles. The monoisotopic (exact) mass is 628 g/mol. The zero-order valence-electron chi connectivity index (χ0n) is 23.0. The van der Waals surface area contributed by atoms with Gasteiger partial charge in [0.25, 0.3) is 0 Å². The molecule has 0 atom stereocenters. The Balaban J connectivity index is -0.000000328. The summed E-state index contributed by atoms with van der Waals surface area (Å²) in [6, 6.07) is 0. The van der Waals surface area contributed by atoms with Gasteiger partial charge in [0.2, 0.25) is 0 Å². The van der Waals surface area contributed by atoms with Crippen LogP contribution in [-0.4, -0.2) is 177 Å². The van der Waals surface area contributed by atoms with Gasteiger partial charge in [-0.3, -0.25) is 48.4 Å². The zero-order valence-corrected chi connectivity index (χ0v) is 27.0. The number of carboxylic acid groups (broad SMARTS) is 8. The molecule has 228 valence electrons. The maximum Gasteiger partial charge on any atom is 1.00 e. The summed E-state index contributed by atoms with van der Waals surface area (Å²) in [5.41, 5.74) is 0. The van der Waals surface area contributed by atoms with Crippen molar-refractivity contribution in [1.29, 1.82) is 0 Å². The average molecular weight is 628 g/mol. The second kappa shape index (κ2) is 26.2. The molecule has 0 heterocycles. The van der Waals surface area contributed by atoms with Crippen LogP contribution in [-0.2, 0) is 38.4 Å². The normalized spacial score (nSPS) is 10.2. The van der Waals surface area contributed by atoms with Crippen LogP contribution in [0.5, 0.6) is 0 Å². The van der Waals surface area contributed by atoms with Gasteiger partial charge >= 0.3 is 94.9 Å². The van der Waals surface area contributed by atoms with E-state index in [9.17, 15) is 48.6 Å². The first kappa shape index (κ1) is 46.6. The van der Waals surface area contributed by atoms with E-state index in [4.69, 9.17) is 30.6 Å². The molecule has 6 N–H and O–H groups in total. The van der Waals surface area contributed by atoms with Crippen molar-refractivity contribution in [3.8, 4) is 0 Å². The van der Waals surface area contributed by atoms with E-state index in [-0.39, 0.29) is 85.3 Å². The maximum atomic E-state index is 10.6. The summed E-state index contributed by atoms with van der Waals surface area (Å²) in [5.74, 6) is -10.4. The molecule has 0 radical (unpaired) electrons. The van der Waals surface area contributed by atoms with Crippen LogP contribution >= 0.6 is 0 Å². The minimum absolute atomic E-state index is 0. The van der Waals surface area contributed by atoms with E-state index in [1.165, 1.54) is 0 Å². The standard InChI is InChI=1S/2C10H16N2O8.2Na/c2*13-7(14)3-11(4-8(15)16)1-2-12(5-9(17)18)6-10(19)20;;/h2*1-6H2,(H,13,14)(H,15,16)(H,17,18)(H,19,20);;/q;;2*+1/p-2. The predicted molar refractivity (Wildman–Crippen MR) is 122 cm³/mol. The topological polar surface area (TPSA) is 317 Å². The first-order valence-corrected chi connectivity index (χ1v) is 11.0. The molecule has 42 heavy (non-hydrogen) atoms. The largest absolute Gasteiger partial charge is 1.00 e. The number of aliphatic carboxylic acids is 8. The summed E-state index contributed by atoms with van der Waals surface area (Å²) in [6.07, 6.45) is 0. The molecule has 22 heteroatoms. The minimum atomic E-state index is -1.51. The molecule has 0 bridgehead atoms. The van der Waals surface area contributed by atoms with Gasteiger partial charge in [-0.1, -0.05) is 0 Å². The fourth-order valence-electron chi connectivity index (χ4n) is 2.93. The number of hydrogen-bond donors (Lipinski definition) is 6. The Morgan fingerprint density at radius 2 is 0.500 bits per heavy atom. The summed E-state index contributed by atoms with van der Waals surface area (Å²) < 4.78 is 0. The van der Waals surface area contributed by atoms with Gasteiger partial charge in [-0.2, -0.15) is 0 Å². The van der Waals surface area contributed by atoms with E-state index in [1.54, 1.807) is 0 Å². The third kappa shape index (κ3) is 32.1. The van der Waals surface area contributed by atoms with Crippen molar-refractivity contribution in [1.82, 2.24) is 19.6 Å². The molecule has 0 aromatic heterocycles. The van der Waals surface area contributed by atoms with Gasteiger partial charge in [0, 0.05) is 39.3 Å². The molecular weight excluding hydrogens is 598 g/mol. The van der Waals surface area contributed by atoms with Crippen LogP contribution in [0.1, 0.15) is 0 Å². The van der Waals surface area contributed by atoms with Crippen molar-refractivity contribution in [3.63, 3.8) is 0 Å². The quantitative estimate of drug-likeness (QED) is 0.0606. The number of nitrogens with zero attached hydrogens (tertiary/aromatic N) is 4. The number of hydrogen-bond acceptors (Lipinski definition) is 14. The van der Waals surface area contributed by atoms with Crippen LogP contribution < -0.4 is 69.3 Å². The SMILES string of the molecule is O=C(O)CN(CCN(CC(=O)O)CC(=O)O)CC(=O)O.O=C([O-])CN(CCN(CC(=O)O)CC(=O)O)CC(=O)[O-].[Na+].[Na+]. The molecule has 0 aliphatic carbocycles. The van der Waals surface area contributed by atoms with Crippen LogP contribution in [0.25, 0.3) is 0 Å². The maximum absolute atomic E-state index is 10.6. The van der Waals surface area contributed by atoms with Gasteiger partial charge in [0.1, 0.15) is 0 Å². The summed E-state index contributed by atoms with van der Waals surface area (Å²) in [5, 5.41) is 72.5. The van der Waals surface area contributed by atoms with Crippen molar-refractivity contribution in [3.05, 3.63) is 0 Å². The molecule has 0 unspecified atom stereocenters. The fourth-order valence-corrected chi connectivity index (χ4v) is 2.93. The number of carboxylic acids is 8. The van der Waals surface area contributed by atoms with Crippen molar-refractivity contribution in [2.24, 2.45) is 0 Å². The molecule has 0 spiro atoms. The molecule has 0 amide bonds. The summed E-state index contributed by atoms with van der Waals surface area (Å²) in [4.78, 5) is 88.3. The molecule has 0 aliphatic rings. The molecule has 0 aromatic rings. The Morgan fingerprint density at radius 3 is 0.619 bits per heavy atom. The van der Waals surface area contributed by atoms with Gasteiger partial charge in [-0.25, -0.2) is 0 Å². The predicted octanol–water partition coefficient (Wildman–Crippen LogP) is -12.8. The van der Waals surface area contributed by atoms with Gasteiger partial charge in [0.15, 0.2) is 0 Å². The fraction of sp³-hybridized carbons (Fsp3) is 0.600. The second-order valence-electron chi connectivity index (χ2n) is 7.95. The first-order valence-electron chi connectivity index (χ1n) is 11.0. The van der Waals surface area contributed by atoms with E-state index in [0.29, 0.717) is 0 Å². The Labute approximate surface area is 282 Å². The third-order valence-corrected chi connectivity index (χ3v) is 4.32. The summed E-state index contributed by atoms with van der Waals surface area (Å²) in [7, 11) is 0. The zero-order chi connectivity index (χ0) is 31.4. The first-order chi connectivity index (χ1) is 18.4. The Bertz CT molecular complexity index is 715. The molecule has 0 aliphatic heterocycles. The third-order valence-electron chi connectivity index (χ3n) is 4.32. The Kier molecular flexibility index (Phi) is 29.1. The Morgan fingerprint density at radius 1 is 0.357 bits per heavy atom. The van der Waals surface area contributed by atoms with Gasteiger partial charge in [-0.15, -0.1) is 0 Å². The van der Waals surface area contributed by atoms with E-state index in [1.807, 2.05) is 0 Å². The smallest absolute Gasteiger partial charge is 0.549 e. The van der Waals surface area contributed by atoms with E-state index in [2.05, 4.69) is 0 Å². The molecule has 0 saturated carbocycles. The number of carbonyl (C=O) groups is 8. The van der Waals surface area contributed by atoms with Crippen molar-refractivity contribution in [2.75, 3.05) is 78.5 Å². The van der Waals surface area contributed by atoms with Crippen LogP contribution in [0.2, 0.25) is 0 Å². The van der Waals surface area contributed by atoms with E-state index in [0.717, 1.165) is 19.6 Å². The molecule has 0 rings (SSSR count). The van der Waals surface area contributed by atoms with Crippen LogP contribution in [0, 0.1) is 0 Å². The van der Waals surface area contributed by atoms with Gasteiger partial charge in [0.05, 0.1) is 51.2 Å². The molecular formula is C20H30N4Na2O16. The average Bonchev–Trinajstić information content (AvgIpc) is 2.72. The van der Waals surface area contributed by atoms with Crippen LogP contribution in [0.4, 0.5) is 0 Å². The van der Waals surface area contributed by atoms with Crippen LogP contribution in [0.3, 0.4) is 0 Å². The Hall–Kier alpha value is -2.40. The van der Waals surface area contributed by atoms with Crippen molar-refractivity contribution < 1.29 is 138 Å². The summed E-state index contributed by atoms with van der Waals surface area (Å²) >= 11 is 0. The van der Waals surface area contributed by atoms with Crippen molar-refractivity contribution in [2.45, 2.75) is 0 Å². The number of rotatable bonds is 22. The number of carbonyl (C=O) groups excluding carboxylic acids is 2. The molecule has 20 nitrogen and oxygen atoms in total. The summed E-state index contributed by atoms with van der Waals surface area (Å²) in [6.45, 7) is -5.00. The molecule has 0 fully saturated rings. The minimum Gasteiger partial charge on any atom is -0.549 e. The van der Waals surface area contributed by atoms with E-state index >= 15 is 0 Å². The molecule has 0 aromatic carbocycles.